The summed E-state index contributed by atoms with van der Waals surface area (Å²) in [4.78, 5) is 0. The summed E-state index contributed by atoms with van der Waals surface area (Å²) in [6, 6.07) is 2.21. The summed E-state index contributed by atoms with van der Waals surface area (Å²) in [5, 5.41) is 8.57. The number of nitrogens with zero attached hydrogens (tertiary/aromatic N) is 1. The van der Waals surface area contributed by atoms with Gasteiger partial charge in [-0.15, -0.1) is 0 Å². The second kappa shape index (κ2) is 2.88. The maximum Gasteiger partial charge on any atom is 0.0943 e. The van der Waals surface area contributed by atoms with Crippen LogP contribution in [0, 0.1) is 17.2 Å². The Morgan fingerprint density at radius 1 is 1.70 bits per heavy atom. The van der Waals surface area contributed by atoms with E-state index in [0.29, 0.717) is 0 Å². The van der Waals surface area contributed by atoms with Crippen molar-refractivity contribution in [3.8, 4) is 6.07 Å². The van der Waals surface area contributed by atoms with Gasteiger partial charge >= 0.3 is 0 Å². The highest BCUT2D eigenvalue weighted by Crippen LogP contribution is 2.31. The molecule has 0 aromatic heterocycles. The third kappa shape index (κ3) is 1.39. The van der Waals surface area contributed by atoms with Crippen LogP contribution in [0.5, 0.6) is 0 Å². The summed E-state index contributed by atoms with van der Waals surface area (Å²) in [5.74, 6) is 0.804. The van der Waals surface area contributed by atoms with E-state index in [2.05, 4.69) is 13.0 Å². The maximum absolute atomic E-state index is 8.57. The Hall–Kier alpha value is -0.770. The van der Waals surface area contributed by atoms with Crippen molar-refractivity contribution in [1.29, 1.82) is 5.26 Å². The molecule has 1 saturated carbocycles. The second-order valence-corrected chi connectivity index (χ2v) is 3.19. The predicted octanol–water partition coefficient (Wildman–Crippen LogP) is 2.65. The fraction of sp³-hybridized carbons (Fsp3) is 0.667. The summed E-state index contributed by atoms with van der Waals surface area (Å²) >= 11 is 0. The highest BCUT2D eigenvalue weighted by Gasteiger charge is 2.16. The number of allylic oxidation sites excluding steroid dienone is 2. The minimum Gasteiger partial charge on any atom is -0.193 e. The Morgan fingerprint density at radius 3 is 2.80 bits per heavy atom. The van der Waals surface area contributed by atoms with Crippen LogP contribution >= 0.6 is 0 Å². The first kappa shape index (κ1) is 7.34. The van der Waals surface area contributed by atoms with E-state index in [9.17, 15) is 0 Å². The molecule has 0 saturated heterocycles. The molecule has 1 atom stereocenters. The van der Waals surface area contributed by atoms with Crippen LogP contribution in [0.2, 0.25) is 0 Å². The summed E-state index contributed by atoms with van der Waals surface area (Å²) in [6.07, 6.45) is 3.58. The molecule has 0 heterocycles. The second-order valence-electron chi connectivity index (χ2n) is 3.19. The molecule has 1 aliphatic carbocycles. The van der Waals surface area contributed by atoms with Gasteiger partial charge in [0.05, 0.1) is 6.07 Å². The van der Waals surface area contributed by atoms with Crippen molar-refractivity contribution in [2.24, 2.45) is 5.92 Å². The van der Waals surface area contributed by atoms with Gasteiger partial charge in [0.15, 0.2) is 0 Å². The molecule has 0 radical (unpaired) electrons. The van der Waals surface area contributed by atoms with E-state index >= 15 is 0 Å². The van der Waals surface area contributed by atoms with E-state index in [0.717, 1.165) is 24.3 Å². The van der Waals surface area contributed by atoms with Crippen molar-refractivity contribution in [2.75, 3.05) is 0 Å². The van der Waals surface area contributed by atoms with E-state index in [1.165, 1.54) is 12.0 Å². The van der Waals surface area contributed by atoms with E-state index in [1.54, 1.807) is 0 Å². The first-order valence-corrected chi connectivity index (χ1v) is 3.82. The van der Waals surface area contributed by atoms with Gasteiger partial charge < -0.3 is 0 Å². The highest BCUT2D eigenvalue weighted by atomic mass is 14.3. The van der Waals surface area contributed by atoms with Crippen molar-refractivity contribution >= 4 is 0 Å². The van der Waals surface area contributed by atoms with Gasteiger partial charge in [-0.1, -0.05) is 12.5 Å². The van der Waals surface area contributed by atoms with Crippen molar-refractivity contribution in [3.05, 3.63) is 11.1 Å². The van der Waals surface area contributed by atoms with Crippen LogP contribution in [0.15, 0.2) is 11.1 Å². The summed E-state index contributed by atoms with van der Waals surface area (Å²) in [7, 11) is 0. The topological polar surface area (TPSA) is 23.8 Å². The summed E-state index contributed by atoms with van der Waals surface area (Å²) in [5.41, 5.74) is 2.33. The highest BCUT2D eigenvalue weighted by molar-refractivity contribution is 5.27. The zero-order valence-electron chi connectivity index (χ0n) is 6.65. The zero-order chi connectivity index (χ0) is 7.56. The standard InChI is InChI=1S/C9H13N/c1-7-3-4-9(5-7)8(2)6-10/h7H,3-5H2,1-2H3/b9-8-/t7-/m1/s1. The van der Waals surface area contributed by atoms with Crippen LogP contribution in [-0.2, 0) is 0 Å². The van der Waals surface area contributed by atoms with Gasteiger partial charge in [0, 0.05) is 5.57 Å². The van der Waals surface area contributed by atoms with Crippen LogP contribution in [0.4, 0.5) is 0 Å². The van der Waals surface area contributed by atoms with E-state index < -0.39 is 0 Å². The van der Waals surface area contributed by atoms with Gasteiger partial charge in [0.2, 0.25) is 0 Å². The first-order valence-electron chi connectivity index (χ1n) is 3.82. The normalized spacial score (nSPS) is 29.9. The van der Waals surface area contributed by atoms with Gasteiger partial charge in [-0.2, -0.15) is 5.26 Å². The summed E-state index contributed by atoms with van der Waals surface area (Å²) in [6.45, 7) is 4.17. The van der Waals surface area contributed by atoms with Crippen molar-refractivity contribution in [1.82, 2.24) is 0 Å². The summed E-state index contributed by atoms with van der Waals surface area (Å²) < 4.78 is 0. The molecule has 0 N–H and O–H groups in total. The molecule has 0 amide bonds. The van der Waals surface area contributed by atoms with Crippen molar-refractivity contribution in [3.63, 3.8) is 0 Å². The minimum absolute atomic E-state index is 0.804. The lowest BCUT2D eigenvalue weighted by Crippen LogP contribution is -1.82. The smallest absolute Gasteiger partial charge is 0.0943 e. The third-order valence-electron chi connectivity index (χ3n) is 2.23. The first-order chi connectivity index (χ1) is 4.74. The van der Waals surface area contributed by atoms with Gasteiger partial charge in [-0.05, 0) is 32.1 Å². The Labute approximate surface area is 62.4 Å². The Morgan fingerprint density at radius 2 is 2.40 bits per heavy atom. The van der Waals surface area contributed by atoms with E-state index in [4.69, 9.17) is 5.26 Å². The number of hydrogen-bond acceptors (Lipinski definition) is 1. The Kier molecular flexibility index (Phi) is 2.11. The van der Waals surface area contributed by atoms with E-state index in [-0.39, 0.29) is 0 Å². The molecule has 0 aromatic rings. The average Bonchev–Trinajstić information content (AvgIpc) is 2.34. The molecule has 0 bridgehead atoms. The molecule has 1 nitrogen and oxygen atoms in total. The fourth-order valence-corrected chi connectivity index (χ4v) is 1.47. The number of rotatable bonds is 0. The Bertz CT molecular complexity index is 195. The molecule has 10 heavy (non-hydrogen) atoms. The quantitative estimate of drug-likeness (QED) is 0.468. The SMILES string of the molecule is C/C(C#N)=C1\CC[C@@H](C)C1. The number of nitriles is 1. The van der Waals surface area contributed by atoms with Crippen LogP contribution in [0.1, 0.15) is 33.1 Å². The van der Waals surface area contributed by atoms with Crippen molar-refractivity contribution in [2.45, 2.75) is 33.1 Å². The van der Waals surface area contributed by atoms with Crippen LogP contribution in [-0.4, -0.2) is 0 Å². The van der Waals surface area contributed by atoms with Gasteiger partial charge in [0.25, 0.3) is 0 Å². The number of hydrogen-bond donors (Lipinski definition) is 0. The zero-order valence-corrected chi connectivity index (χ0v) is 6.65. The van der Waals surface area contributed by atoms with Gasteiger partial charge in [-0.3, -0.25) is 0 Å². The molecule has 1 aliphatic rings. The molecule has 0 aromatic carbocycles. The average molecular weight is 135 g/mol. The lowest BCUT2D eigenvalue weighted by Gasteiger charge is -1.96. The molecular weight excluding hydrogens is 122 g/mol. The predicted molar refractivity (Wildman–Crippen MR) is 41.3 cm³/mol. The molecular formula is C9H13N. The maximum atomic E-state index is 8.57. The molecule has 0 spiro atoms. The molecule has 1 heteroatoms. The van der Waals surface area contributed by atoms with Crippen molar-refractivity contribution < 1.29 is 0 Å². The molecule has 0 unspecified atom stereocenters. The lowest BCUT2D eigenvalue weighted by atomic mass is 10.1. The fourth-order valence-electron chi connectivity index (χ4n) is 1.47. The van der Waals surface area contributed by atoms with Crippen LogP contribution < -0.4 is 0 Å². The van der Waals surface area contributed by atoms with Crippen LogP contribution in [0.25, 0.3) is 0 Å². The van der Waals surface area contributed by atoms with E-state index in [1.807, 2.05) is 6.92 Å². The van der Waals surface area contributed by atoms with Gasteiger partial charge in [0.1, 0.15) is 0 Å². The lowest BCUT2D eigenvalue weighted by molar-refractivity contribution is 0.620. The molecule has 1 rings (SSSR count). The molecule has 0 aliphatic heterocycles. The van der Waals surface area contributed by atoms with Crippen LogP contribution in [0.3, 0.4) is 0 Å². The monoisotopic (exact) mass is 135 g/mol. The molecule has 54 valence electrons. The minimum atomic E-state index is 0.804. The molecule has 1 fully saturated rings. The van der Waals surface area contributed by atoms with Gasteiger partial charge in [-0.25, -0.2) is 0 Å². The third-order valence-corrected chi connectivity index (χ3v) is 2.23. The largest absolute Gasteiger partial charge is 0.193 e. The Balaban J connectivity index is 2.69.